The van der Waals surface area contributed by atoms with Crippen molar-refractivity contribution in [3.8, 4) is 23.1 Å². The minimum atomic E-state index is -0.271. The molecule has 0 unspecified atom stereocenters. The van der Waals surface area contributed by atoms with Gasteiger partial charge in [0.15, 0.2) is 0 Å². The van der Waals surface area contributed by atoms with Crippen LogP contribution in [-0.4, -0.2) is 26.7 Å². The first-order valence-electron chi connectivity index (χ1n) is 10.5. The molecule has 0 aliphatic carbocycles. The van der Waals surface area contributed by atoms with Crippen molar-refractivity contribution in [2.75, 3.05) is 6.61 Å². The number of aromatic hydroxyl groups is 1. The van der Waals surface area contributed by atoms with E-state index in [1.165, 1.54) is 0 Å². The van der Waals surface area contributed by atoms with Crippen LogP contribution in [0.5, 0.6) is 11.6 Å². The summed E-state index contributed by atoms with van der Waals surface area (Å²) in [5.41, 5.74) is 2.79. The van der Waals surface area contributed by atoms with Crippen LogP contribution in [0.1, 0.15) is 21.9 Å². The molecule has 2 aromatic carbocycles. The lowest BCUT2D eigenvalue weighted by Gasteiger charge is -2.12. The van der Waals surface area contributed by atoms with Gasteiger partial charge in [-0.15, -0.1) is 0 Å². The van der Waals surface area contributed by atoms with Crippen LogP contribution in [0.3, 0.4) is 0 Å². The molecule has 2 N–H and O–H groups in total. The van der Waals surface area contributed by atoms with E-state index in [0.29, 0.717) is 30.2 Å². The second kappa shape index (κ2) is 8.91. The fraction of sp³-hybridized carbons (Fsp3) is 0.160. The van der Waals surface area contributed by atoms with Gasteiger partial charge in [-0.25, -0.2) is 4.98 Å². The SMILES string of the molecule is Cc1oc(-c2ccccc2)nc1CCOc1ccc(Cc2sc(=O)[nH]c2O)c2ccncc12. The molecule has 3 heterocycles. The fourth-order valence-corrected chi connectivity index (χ4v) is 4.52. The maximum atomic E-state index is 11.5. The molecule has 33 heavy (non-hydrogen) atoms. The summed E-state index contributed by atoms with van der Waals surface area (Å²) in [6, 6.07) is 15.6. The van der Waals surface area contributed by atoms with E-state index in [-0.39, 0.29) is 10.8 Å². The number of oxazole rings is 1. The van der Waals surface area contributed by atoms with E-state index in [1.807, 2.05) is 55.5 Å². The number of H-pyrrole nitrogens is 1. The van der Waals surface area contributed by atoms with E-state index >= 15 is 0 Å². The predicted molar refractivity (Wildman–Crippen MR) is 127 cm³/mol. The summed E-state index contributed by atoms with van der Waals surface area (Å²) in [5.74, 6) is 2.03. The highest BCUT2D eigenvalue weighted by Crippen LogP contribution is 2.31. The Morgan fingerprint density at radius 2 is 1.97 bits per heavy atom. The molecule has 166 valence electrons. The summed E-state index contributed by atoms with van der Waals surface area (Å²) < 4.78 is 11.9. The Bertz CT molecular complexity index is 1470. The van der Waals surface area contributed by atoms with Gasteiger partial charge in [-0.05, 0) is 42.1 Å². The number of nitrogens with one attached hydrogen (secondary N) is 1. The van der Waals surface area contributed by atoms with E-state index in [0.717, 1.165) is 50.4 Å². The first-order chi connectivity index (χ1) is 16.1. The fourth-order valence-electron chi connectivity index (χ4n) is 3.77. The third kappa shape index (κ3) is 4.38. The summed E-state index contributed by atoms with van der Waals surface area (Å²) in [6.45, 7) is 2.35. The maximum Gasteiger partial charge on any atom is 0.307 e. The Morgan fingerprint density at radius 3 is 2.76 bits per heavy atom. The van der Waals surface area contributed by atoms with Gasteiger partial charge < -0.3 is 14.3 Å². The van der Waals surface area contributed by atoms with Gasteiger partial charge in [0, 0.05) is 36.2 Å². The van der Waals surface area contributed by atoms with Crippen molar-refractivity contribution < 1.29 is 14.3 Å². The lowest BCUT2D eigenvalue weighted by atomic mass is 10.0. The molecule has 5 aromatic rings. The van der Waals surface area contributed by atoms with Crippen molar-refractivity contribution in [1.82, 2.24) is 15.0 Å². The average Bonchev–Trinajstić information content (AvgIpc) is 3.36. The molecule has 7 nitrogen and oxygen atoms in total. The van der Waals surface area contributed by atoms with Crippen LogP contribution in [0.2, 0.25) is 0 Å². The van der Waals surface area contributed by atoms with Crippen LogP contribution in [0.15, 0.2) is 70.1 Å². The molecule has 0 saturated heterocycles. The highest BCUT2D eigenvalue weighted by atomic mass is 32.1. The topological polar surface area (TPSA) is 101 Å². The second-order valence-corrected chi connectivity index (χ2v) is 8.66. The lowest BCUT2D eigenvalue weighted by Crippen LogP contribution is -2.04. The number of thiazole rings is 1. The summed E-state index contributed by atoms with van der Waals surface area (Å²) >= 11 is 1.01. The van der Waals surface area contributed by atoms with Gasteiger partial charge in [0.1, 0.15) is 11.5 Å². The largest absolute Gasteiger partial charge is 0.494 e. The van der Waals surface area contributed by atoms with E-state index in [2.05, 4.69) is 15.0 Å². The standard InChI is InChI=1S/C25H21N3O4S/c1-15-20(27-24(32-15)16-5-3-2-4-6-16)10-12-31-21-8-7-17(18-9-11-26-14-19(18)21)13-22-23(29)28-25(30)33-22/h2-9,11,14,29H,10,12-13H2,1H3,(H,28,30). The van der Waals surface area contributed by atoms with Gasteiger partial charge in [0.25, 0.3) is 0 Å². The van der Waals surface area contributed by atoms with Crippen molar-refractivity contribution in [1.29, 1.82) is 0 Å². The quantitative estimate of drug-likeness (QED) is 0.360. The van der Waals surface area contributed by atoms with Gasteiger partial charge >= 0.3 is 4.87 Å². The Balaban J connectivity index is 1.34. The van der Waals surface area contributed by atoms with E-state index in [1.54, 1.807) is 12.4 Å². The van der Waals surface area contributed by atoms with Crippen LogP contribution >= 0.6 is 11.3 Å². The number of aromatic amines is 1. The lowest BCUT2D eigenvalue weighted by molar-refractivity contribution is 0.323. The van der Waals surface area contributed by atoms with Crippen LogP contribution in [-0.2, 0) is 12.8 Å². The third-order valence-electron chi connectivity index (χ3n) is 5.43. The molecule has 0 radical (unpaired) electrons. The first kappa shape index (κ1) is 21.0. The summed E-state index contributed by atoms with van der Waals surface area (Å²) in [6.07, 6.45) is 4.54. The monoisotopic (exact) mass is 459 g/mol. The molecular weight excluding hydrogens is 438 g/mol. The van der Waals surface area contributed by atoms with E-state index in [4.69, 9.17) is 9.15 Å². The molecule has 0 bridgehead atoms. The third-order valence-corrected chi connectivity index (χ3v) is 6.30. The van der Waals surface area contributed by atoms with Crippen molar-refractivity contribution in [3.05, 3.63) is 92.5 Å². The van der Waals surface area contributed by atoms with Crippen molar-refractivity contribution in [2.45, 2.75) is 19.8 Å². The number of ether oxygens (including phenoxy) is 1. The van der Waals surface area contributed by atoms with Crippen molar-refractivity contribution >= 4 is 22.1 Å². The molecule has 5 rings (SSSR count). The number of benzene rings is 2. The normalized spacial score (nSPS) is 11.2. The van der Waals surface area contributed by atoms with Crippen molar-refractivity contribution in [3.63, 3.8) is 0 Å². The second-order valence-electron chi connectivity index (χ2n) is 7.59. The molecular formula is C25H21N3O4S. The number of fused-ring (bicyclic) bond motifs is 1. The zero-order valence-corrected chi connectivity index (χ0v) is 18.7. The summed E-state index contributed by atoms with van der Waals surface area (Å²) in [5, 5.41) is 11.8. The molecule has 0 aliphatic rings. The number of nitrogens with zero attached hydrogens (tertiary/aromatic N) is 2. The molecule has 0 fully saturated rings. The number of rotatable bonds is 7. The van der Waals surface area contributed by atoms with Gasteiger partial charge in [0.05, 0.1) is 17.2 Å². The minimum absolute atomic E-state index is 0.0783. The molecule has 0 aliphatic heterocycles. The van der Waals surface area contributed by atoms with E-state index < -0.39 is 0 Å². The molecule has 3 aromatic heterocycles. The number of aromatic nitrogens is 3. The maximum absolute atomic E-state index is 11.5. The first-order valence-corrected chi connectivity index (χ1v) is 11.3. The molecule has 0 saturated carbocycles. The Labute approximate surface area is 193 Å². The van der Waals surface area contributed by atoms with Gasteiger partial charge in [-0.2, -0.15) is 0 Å². The molecule has 0 atom stereocenters. The van der Waals surface area contributed by atoms with Gasteiger partial charge in [0.2, 0.25) is 11.8 Å². The summed E-state index contributed by atoms with van der Waals surface area (Å²) in [4.78, 5) is 23.1. The Hall–Kier alpha value is -3.91. The van der Waals surface area contributed by atoms with Crippen LogP contribution in [0.25, 0.3) is 22.2 Å². The number of hydrogen-bond acceptors (Lipinski definition) is 7. The van der Waals surface area contributed by atoms with Crippen LogP contribution in [0.4, 0.5) is 0 Å². The smallest absolute Gasteiger partial charge is 0.307 e. The highest BCUT2D eigenvalue weighted by molar-refractivity contribution is 7.09. The van der Waals surface area contributed by atoms with Gasteiger partial charge in [-0.1, -0.05) is 35.6 Å². The zero-order chi connectivity index (χ0) is 22.8. The number of hydrogen-bond donors (Lipinski definition) is 2. The number of aryl methyl sites for hydroxylation is 1. The Kier molecular flexibility index (Phi) is 5.66. The average molecular weight is 460 g/mol. The zero-order valence-electron chi connectivity index (χ0n) is 17.9. The van der Waals surface area contributed by atoms with Gasteiger partial charge in [-0.3, -0.25) is 14.8 Å². The highest BCUT2D eigenvalue weighted by Gasteiger charge is 2.14. The number of pyridine rings is 1. The van der Waals surface area contributed by atoms with Crippen molar-refractivity contribution in [2.24, 2.45) is 0 Å². The minimum Gasteiger partial charge on any atom is -0.494 e. The predicted octanol–water partition coefficient (Wildman–Crippen LogP) is 4.87. The molecule has 0 amide bonds. The van der Waals surface area contributed by atoms with E-state index in [9.17, 15) is 9.90 Å². The van der Waals surface area contributed by atoms with Crippen LogP contribution < -0.4 is 9.61 Å². The molecule has 0 spiro atoms. The molecule has 8 heteroatoms. The van der Waals surface area contributed by atoms with Crippen LogP contribution in [0, 0.1) is 6.92 Å². The summed E-state index contributed by atoms with van der Waals surface area (Å²) in [7, 11) is 0. The Morgan fingerprint density at radius 1 is 1.12 bits per heavy atom.